The minimum absolute atomic E-state index is 0.104. The average Bonchev–Trinajstić information content (AvgIpc) is 2.77. The van der Waals surface area contributed by atoms with E-state index in [4.69, 9.17) is 11.6 Å². The molecule has 3 aromatic rings. The minimum Gasteiger partial charge on any atom is -0.343 e. The molecule has 0 unspecified atom stereocenters. The van der Waals surface area contributed by atoms with Crippen molar-refractivity contribution in [1.29, 1.82) is 0 Å². The van der Waals surface area contributed by atoms with Gasteiger partial charge in [-0.3, -0.25) is 0 Å². The normalized spacial score (nSPS) is 11.1. The molecule has 3 rings (SSSR count). The van der Waals surface area contributed by atoms with Crippen LogP contribution in [-0.2, 0) is 6.54 Å². The van der Waals surface area contributed by atoms with Crippen molar-refractivity contribution in [2.45, 2.75) is 6.54 Å². The molecule has 96 valence electrons. The summed E-state index contributed by atoms with van der Waals surface area (Å²) in [6, 6.07) is 11.2. The molecule has 0 saturated carbocycles. The van der Waals surface area contributed by atoms with Crippen LogP contribution in [-0.4, -0.2) is 4.57 Å². The Labute approximate surface area is 114 Å². The molecule has 0 fully saturated rings. The van der Waals surface area contributed by atoms with Gasteiger partial charge in [-0.1, -0.05) is 17.7 Å². The van der Waals surface area contributed by atoms with Crippen molar-refractivity contribution in [2.24, 2.45) is 0 Å². The molecule has 0 spiro atoms. The van der Waals surface area contributed by atoms with E-state index >= 15 is 0 Å². The van der Waals surface area contributed by atoms with Crippen molar-refractivity contribution in [1.82, 2.24) is 4.57 Å². The van der Waals surface area contributed by atoms with Gasteiger partial charge < -0.3 is 4.57 Å². The molecule has 0 aliphatic heterocycles. The number of rotatable bonds is 2. The van der Waals surface area contributed by atoms with Gasteiger partial charge in [-0.25, -0.2) is 8.78 Å². The van der Waals surface area contributed by atoms with Crippen LogP contribution < -0.4 is 0 Å². The molecule has 4 heteroatoms. The summed E-state index contributed by atoms with van der Waals surface area (Å²) in [5, 5.41) is 1.06. The van der Waals surface area contributed by atoms with Gasteiger partial charge in [0.1, 0.15) is 11.6 Å². The quantitative estimate of drug-likeness (QED) is 0.644. The lowest BCUT2D eigenvalue weighted by Crippen LogP contribution is -1.98. The Morgan fingerprint density at radius 2 is 1.84 bits per heavy atom. The van der Waals surface area contributed by atoms with Gasteiger partial charge in [0, 0.05) is 12.7 Å². The first-order valence-electron chi connectivity index (χ1n) is 5.82. The van der Waals surface area contributed by atoms with E-state index in [1.54, 1.807) is 12.1 Å². The predicted molar refractivity (Wildman–Crippen MR) is 72.4 cm³/mol. The SMILES string of the molecule is Fc1ccc2ccn(Cc3ccc(Cl)c(F)c3)c2c1. The second-order valence-corrected chi connectivity index (χ2v) is 4.80. The molecule has 0 atom stereocenters. The van der Waals surface area contributed by atoms with Crippen molar-refractivity contribution >= 4 is 22.5 Å². The van der Waals surface area contributed by atoms with Crippen LogP contribution in [0.2, 0.25) is 5.02 Å². The highest BCUT2D eigenvalue weighted by Crippen LogP contribution is 2.20. The number of nitrogens with zero attached hydrogens (tertiary/aromatic N) is 1. The highest BCUT2D eigenvalue weighted by Gasteiger charge is 2.05. The summed E-state index contributed by atoms with van der Waals surface area (Å²) in [4.78, 5) is 0. The molecule has 2 aromatic carbocycles. The van der Waals surface area contributed by atoms with Gasteiger partial charge in [0.2, 0.25) is 0 Å². The second kappa shape index (κ2) is 4.67. The number of fused-ring (bicyclic) bond motifs is 1. The first-order valence-corrected chi connectivity index (χ1v) is 6.19. The molecule has 0 amide bonds. The molecular formula is C15H10ClF2N. The van der Waals surface area contributed by atoms with Crippen LogP contribution in [0.1, 0.15) is 5.56 Å². The summed E-state index contributed by atoms with van der Waals surface area (Å²) in [5.41, 5.74) is 1.57. The maximum absolute atomic E-state index is 13.4. The topological polar surface area (TPSA) is 4.93 Å². The molecule has 0 saturated heterocycles. The highest BCUT2D eigenvalue weighted by atomic mass is 35.5. The van der Waals surface area contributed by atoms with Gasteiger partial charge in [0.25, 0.3) is 0 Å². The van der Waals surface area contributed by atoms with E-state index in [1.165, 1.54) is 24.3 Å². The molecule has 1 aromatic heterocycles. The van der Waals surface area contributed by atoms with E-state index in [1.807, 2.05) is 16.8 Å². The summed E-state index contributed by atoms with van der Waals surface area (Å²) in [6.45, 7) is 0.473. The van der Waals surface area contributed by atoms with Crippen LogP contribution >= 0.6 is 11.6 Å². The number of aromatic nitrogens is 1. The van der Waals surface area contributed by atoms with Crippen molar-refractivity contribution in [3.05, 3.63) is 70.9 Å². The monoisotopic (exact) mass is 277 g/mol. The third-order valence-electron chi connectivity index (χ3n) is 3.07. The van der Waals surface area contributed by atoms with E-state index in [-0.39, 0.29) is 10.8 Å². The Morgan fingerprint density at radius 3 is 2.63 bits per heavy atom. The van der Waals surface area contributed by atoms with Gasteiger partial charge >= 0.3 is 0 Å². The second-order valence-electron chi connectivity index (χ2n) is 4.40. The van der Waals surface area contributed by atoms with E-state index in [0.29, 0.717) is 6.54 Å². The summed E-state index contributed by atoms with van der Waals surface area (Å²) in [7, 11) is 0. The lowest BCUT2D eigenvalue weighted by atomic mass is 10.2. The third-order valence-corrected chi connectivity index (χ3v) is 3.38. The predicted octanol–water partition coefficient (Wildman–Crippen LogP) is 4.62. The Balaban J connectivity index is 2.00. The number of halogens is 3. The van der Waals surface area contributed by atoms with Crippen molar-refractivity contribution in [3.63, 3.8) is 0 Å². The lowest BCUT2D eigenvalue weighted by molar-refractivity contribution is 0.623. The minimum atomic E-state index is -0.443. The Hall–Kier alpha value is -1.87. The molecule has 1 nitrogen and oxygen atoms in total. The number of benzene rings is 2. The maximum atomic E-state index is 13.4. The van der Waals surface area contributed by atoms with Gasteiger partial charge in [-0.2, -0.15) is 0 Å². The average molecular weight is 278 g/mol. The molecule has 0 bridgehead atoms. The van der Waals surface area contributed by atoms with Crippen LogP contribution in [0.5, 0.6) is 0 Å². The molecule has 0 aliphatic carbocycles. The third kappa shape index (κ3) is 2.34. The zero-order valence-electron chi connectivity index (χ0n) is 9.91. The molecule has 1 heterocycles. The van der Waals surface area contributed by atoms with Crippen LogP contribution in [0, 0.1) is 11.6 Å². The highest BCUT2D eigenvalue weighted by molar-refractivity contribution is 6.30. The summed E-state index contributed by atoms with van der Waals surface area (Å²) in [5.74, 6) is -0.725. The van der Waals surface area contributed by atoms with Gasteiger partial charge in [-0.15, -0.1) is 0 Å². The molecule has 0 N–H and O–H groups in total. The Kier molecular flexibility index (Phi) is 2.99. The fraction of sp³-hybridized carbons (Fsp3) is 0.0667. The Bertz CT molecular complexity index is 749. The van der Waals surface area contributed by atoms with Gasteiger partial charge in [0.15, 0.2) is 0 Å². The fourth-order valence-electron chi connectivity index (χ4n) is 2.13. The smallest absolute Gasteiger partial charge is 0.142 e. The van der Waals surface area contributed by atoms with Crippen LogP contribution in [0.15, 0.2) is 48.7 Å². The van der Waals surface area contributed by atoms with Crippen LogP contribution in [0.25, 0.3) is 10.9 Å². The van der Waals surface area contributed by atoms with Crippen LogP contribution in [0.4, 0.5) is 8.78 Å². The molecular weight excluding hydrogens is 268 g/mol. The number of hydrogen-bond donors (Lipinski definition) is 0. The van der Waals surface area contributed by atoms with E-state index < -0.39 is 5.82 Å². The zero-order chi connectivity index (χ0) is 13.4. The van der Waals surface area contributed by atoms with Crippen LogP contribution in [0.3, 0.4) is 0 Å². The van der Waals surface area contributed by atoms with Crippen molar-refractivity contribution in [3.8, 4) is 0 Å². The van der Waals surface area contributed by atoms with Gasteiger partial charge in [0.05, 0.1) is 10.5 Å². The van der Waals surface area contributed by atoms with Gasteiger partial charge in [-0.05, 0) is 47.3 Å². The summed E-state index contributed by atoms with van der Waals surface area (Å²) in [6.07, 6.45) is 1.86. The zero-order valence-corrected chi connectivity index (χ0v) is 10.7. The van der Waals surface area contributed by atoms with E-state index in [0.717, 1.165) is 16.5 Å². The summed E-state index contributed by atoms with van der Waals surface area (Å²) < 4.78 is 28.5. The Morgan fingerprint density at radius 1 is 1.00 bits per heavy atom. The largest absolute Gasteiger partial charge is 0.343 e. The first kappa shape index (κ1) is 12.2. The molecule has 0 aliphatic rings. The molecule has 0 radical (unpaired) electrons. The van der Waals surface area contributed by atoms with Crippen molar-refractivity contribution in [2.75, 3.05) is 0 Å². The maximum Gasteiger partial charge on any atom is 0.142 e. The van der Waals surface area contributed by atoms with E-state index in [2.05, 4.69) is 0 Å². The standard InChI is InChI=1S/C15H10ClF2N/c16-13-4-1-10(7-14(13)18)9-19-6-5-11-2-3-12(17)8-15(11)19/h1-8H,9H2. The van der Waals surface area contributed by atoms with E-state index in [9.17, 15) is 8.78 Å². The first-order chi connectivity index (χ1) is 9.13. The molecule has 19 heavy (non-hydrogen) atoms. The fourth-order valence-corrected chi connectivity index (χ4v) is 2.25. The summed E-state index contributed by atoms with van der Waals surface area (Å²) >= 11 is 5.65. The van der Waals surface area contributed by atoms with Crippen molar-refractivity contribution < 1.29 is 8.78 Å². The lowest BCUT2D eigenvalue weighted by Gasteiger charge is -2.06. The number of hydrogen-bond acceptors (Lipinski definition) is 0.